The van der Waals surface area contributed by atoms with Crippen molar-refractivity contribution in [2.24, 2.45) is 10.3 Å². The van der Waals surface area contributed by atoms with Crippen LogP contribution in [0.1, 0.15) is 6.42 Å². The highest BCUT2D eigenvalue weighted by Crippen LogP contribution is 2.03. The fourth-order valence-electron chi connectivity index (χ4n) is 0.340. The van der Waals surface area contributed by atoms with E-state index in [0.717, 1.165) is 11.9 Å². The molecule has 0 aromatic rings. The molecule has 0 radical (unpaired) electrons. The van der Waals surface area contributed by atoms with Crippen molar-refractivity contribution in [3.05, 3.63) is 4.91 Å². The monoisotopic (exact) mass is 164 g/mol. The molecule has 0 aromatic heterocycles. The summed E-state index contributed by atoms with van der Waals surface area (Å²) < 4.78 is 2.49. The standard InChI is InChI=1S/C4H8N2O3S/c5-3(4(7)8)1-2-10-6-9/h3H,1-2,5H2,(H,7,8)/t3-/m1/s1. The maximum Gasteiger partial charge on any atom is 0.320 e. The Morgan fingerprint density at radius 3 is 2.80 bits per heavy atom. The van der Waals surface area contributed by atoms with Crippen LogP contribution in [0.2, 0.25) is 0 Å². The van der Waals surface area contributed by atoms with E-state index in [2.05, 4.69) is 4.58 Å². The summed E-state index contributed by atoms with van der Waals surface area (Å²) in [4.78, 5) is 19.5. The maximum absolute atomic E-state index is 10.1. The van der Waals surface area contributed by atoms with Gasteiger partial charge in [0.25, 0.3) is 0 Å². The Kier molecular flexibility index (Phi) is 4.87. The second-order valence-corrected chi connectivity index (χ2v) is 2.46. The molecule has 6 heteroatoms. The second kappa shape index (κ2) is 5.19. The minimum absolute atomic E-state index is 0.270. The molecule has 0 amide bonds. The van der Waals surface area contributed by atoms with Crippen molar-refractivity contribution in [3.8, 4) is 0 Å². The molecule has 0 heterocycles. The number of nitrogens with two attached hydrogens (primary N) is 1. The number of rotatable bonds is 5. The van der Waals surface area contributed by atoms with Crippen LogP contribution in [0.4, 0.5) is 0 Å². The third-order valence-corrected chi connectivity index (χ3v) is 1.41. The van der Waals surface area contributed by atoms with Gasteiger partial charge >= 0.3 is 5.97 Å². The molecule has 0 aromatic carbocycles. The van der Waals surface area contributed by atoms with Crippen LogP contribution >= 0.6 is 11.9 Å². The van der Waals surface area contributed by atoms with E-state index in [-0.39, 0.29) is 6.42 Å². The van der Waals surface area contributed by atoms with E-state index in [0.29, 0.717) is 5.75 Å². The summed E-state index contributed by atoms with van der Waals surface area (Å²) in [5.74, 6) is -0.691. The molecule has 0 saturated heterocycles. The summed E-state index contributed by atoms with van der Waals surface area (Å²) in [6, 6.07) is -0.880. The number of hydrogen-bond acceptors (Lipinski definition) is 5. The molecule has 0 unspecified atom stereocenters. The summed E-state index contributed by atoms with van der Waals surface area (Å²) in [6.07, 6.45) is 0.270. The average Bonchev–Trinajstić information content (AvgIpc) is 1.88. The molecule has 0 bridgehead atoms. The zero-order chi connectivity index (χ0) is 7.98. The van der Waals surface area contributed by atoms with Gasteiger partial charge in [0, 0.05) is 22.3 Å². The number of aliphatic carboxylic acids is 1. The molecular formula is C4H8N2O3S. The Bertz CT molecular complexity index is 130. The van der Waals surface area contributed by atoms with Crippen molar-refractivity contribution >= 4 is 17.9 Å². The Balaban J connectivity index is 3.30. The molecule has 0 aliphatic rings. The molecule has 0 fully saturated rings. The first-order chi connectivity index (χ1) is 4.68. The van der Waals surface area contributed by atoms with Crippen LogP contribution < -0.4 is 5.73 Å². The molecule has 0 saturated carbocycles. The largest absolute Gasteiger partial charge is 0.480 e. The summed E-state index contributed by atoms with van der Waals surface area (Å²) in [5.41, 5.74) is 5.10. The van der Waals surface area contributed by atoms with E-state index < -0.39 is 12.0 Å². The van der Waals surface area contributed by atoms with Gasteiger partial charge in [-0.1, -0.05) is 0 Å². The van der Waals surface area contributed by atoms with E-state index >= 15 is 0 Å². The molecule has 0 spiro atoms. The van der Waals surface area contributed by atoms with Crippen LogP contribution in [0.5, 0.6) is 0 Å². The third kappa shape index (κ3) is 4.28. The van der Waals surface area contributed by atoms with Crippen LogP contribution in [0.15, 0.2) is 4.58 Å². The molecule has 10 heavy (non-hydrogen) atoms. The SMILES string of the molecule is N[C@H](CCSN=O)C(=O)O. The zero-order valence-corrected chi connectivity index (χ0v) is 6.00. The number of nitroso groups, excluding NO2 is 1. The number of hydrogen-bond donors (Lipinski definition) is 2. The predicted octanol–water partition coefficient (Wildman–Crippen LogP) is 0.203. The van der Waals surface area contributed by atoms with Gasteiger partial charge in [-0.2, -0.15) is 0 Å². The molecular weight excluding hydrogens is 156 g/mol. The Hall–Kier alpha value is -0.620. The molecule has 0 aliphatic carbocycles. The normalized spacial score (nSPS) is 12.5. The minimum Gasteiger partial charge on any atom is -0.480 e. The van der Waals surface area contributed by atoms with Crippen LogP contribution in [0, 0.1) is 4.91 Å². The van der Waals surface area contributed by atoms with Gasteiger partial charge < -0.3 is 10.8 Å². The number of nitrogens with zero attached hydrogens (tertiary/aromatic N) is 1. The first-order valence-electron chi connectivity index (χ1n) is 2.61. The molecule has 58 valence electrons. The zero-order valence-electron chi connectivity index (χ0n) is 5.19. The predicted molar refractivity (Wildman–Crippen MR) is 38.5 cm³/mol. The van der Waals surface area contributed by atoms with Crippen molar-refractivity contribution in [3.63, 3.8) is 0 Å². The molecule has 3 N–H and O–H groups in total. The van der Waals surface area contributed by atoms with Crippen molar-refractivity contribution in [1.29, 1.82) is 0 Å². The maximum atomic E-state index is 10.1. The van der Waals surface area contributed by atoms with Crippen LogP contribution in [0.3, 0.4) is 0 Å². The molecule has 0 rings (SSSR count). The van der Waals surface area contributed by atoms with E-state index in [4.69, 9.17) is 10.8 Å². The van der Waals surface area contributed by atoms with Gasteiger partial charge in [-0.25, -0.2) is 0 Å². The molecule has 5 nitrogen and oxygen atoms in total. The van der Waals surface area contributed by atoms with Crippen molar-refractivity contribution in [1.82, 2.24) is 0 Å². The lowest BCUT2D eigenvalue weighted by Gasteiger charge is -2.01. The van der Waals surface area contributed by atoms with E-state index in [1.165, 1.54) is 0 Å². The Morgan fingerprint density at radius 1 is 1.80 bits per heavy atom. The van der Waals surface area contributed by atoms with Gasteiger partial charge in [-0.15, -0.1) is 4.91 Å². The fraction of sp³-hybridized carbons (Fsp3) is 0.750. The first kappa shape index (κ1) is 9.38. The lowest BCUT2D eigenvalue weighted by molar-refractivity contribution is -0.138. The number of carbonyl (C=O) groups is 1. The van der Waals surface area contributed by atoms with Crippen molar-refractivity contribution in [2.75, 3.05) is 5.75 Å². The van der Waals surface area contributed by atoms with Gasteiger partial charge in [0.15, 0.2) is 0 Å². The van der Waals surface area contributed by atoms with E-state index in [9.17, 15) is 9.70 Å². The highest BCUT2D eigenvalue weighted by atomic mass is 32.2. The van der Waals surface area contributed by atoms with Crippen LogP contribution in [-0.2, 0) is 4.79 Å². The number of carboxylic acids is 1. The van der Waals surface area contributed by atoms with Gasteiger partial charge in [0.2, 0.25) is 0 Å². The van der Waals surface area contributed by atoms with Crippen LogP contribution in [0.25, 0.3) is 0 Å². The fourth-order valence-corrected chi connectivity index (χ4v) is 0.774. The van der Waals surface area contributed by atoms with Gasteiger partial charge in [-0.05, 0) is 6.42 Å². The minimum atomic E-state index is -1.05. The quantitative estimate of drug-likeness (QED) is 0.344. The van der Waals surface area contributed by atoms with Crippen molar-refractivity contribution in [2.45, 2.75) is 12.5 Å². The van der Waals surface area contributed by atoms with Gasteiger partial charge in [0.05, 0.1) is 0 Å². The Labute approximate surface area is 62.1 Å². The average molecular weight is 164 g/mol. The highest BCUT2D eigenvalue weighted by molar-refractivity contribution is 7.97. The first-order valence-corrected chi connectivity index (χ1v) is 3.55. The van der Waals surface area contributed by atoms with Gasteiger partial charge in [-0.3, -0.25) is 4.79 Å². The molecule has 1 atom stereocenters. The number of carboxylic acid groups (broad SMARTS) is 1. The molecule has 0 aliphatic heterocycles. The summed E-state index contributed by atoms with van der Waals surface area (Å²) in [6.45, 7) is 0. The lowest BCUT2D eigenvalue weighted by atomic mass is 10.2. The highest BCUT2D eigenvalue weighted by Gasteiger charge is 2.09. The summed E-state index contributed by atoms with van der Waals surface area (Å²) >= 11 is 0.780. The van der Waals surface area contributed by atoms with E-state index in [1.807, 2.05) is 0 Å². The smallest absolute Gasteiger partial charge is 0.320 e. The summed E-state index contributed by atoms with van der Waals surface area (Å²) in [5, 5.41) is 8.24. The van der Waals surface area contributed by atoms with E-state index in [1.54, 1.807) is 0 Å². The Morgan fingerprint density at radius 2 is 2.40 bits per heavy atom. The summed E-state index contributed by atoms with van der Waals surface area (Å²) in [7, 11) is 0. The second-order valence-electron chi connectivity index (χ2n) is 1.64. The van der Waals surface area contributed by atoms with Gasteiger partial charge in [0.1, 0.15) is 6.04 Å². The topological polar surface area (TPSA) is 92.8 Å². The van der Waals surface area contributed by atoms with Crippen molar-refractivity contribution < 1.29 is 9.90 Å². The lowest BCUT2D eigenvalue weighted by Crippen LogP contribution is -2.30. The third-order valence-electron chi connectivity index (χ3n) is 0.890. The van der Waals surface area contributed by atoms with Crippen LogP contribution in [-0.4, -0.2) is 22.9 Å².